The third-order valence-corrected chi connectivity index (χ3v) is 12.7. The van der Waals surface area contributed by atoms with Crippen molar-refractivity contribution < 1.29 is 34.7 Å². The van der Waals surface area contributed by atoms with Crippen LogP contribution in [0.2, 0.25) is 0 Å². The van der Waals surface area contributed by atoms with Gasteiger partial charge >= 0.3 is 15.6 Å². The standard InChI is InChI=1S/C27H27F3O5S3/c28-27(29,30)38(31,32)35-37(23-9-3-1-4-10-23,24-11-5-2-6-12-24)25-15-13-21(14-16-25)36-22-8-7-17-26(20-22)33-18-19-34-26/h1-6,9-16,22H,7-8,17-20H2. The van der Waals surface area contributed by atoms with E-state index < -0.39 is 31.7 Å². The van der Waals surface area contributed by atoms with Gasteiger partial charge in [-0.2, -0.15) is 25.2 Å². The molecule has 1 atom stereocenters. The monoisotopic (exact) mass is 584 g/mol. The molecule has 5 nitrogen and oxygen atoms in total. The van der Waals surface area contributed by atoms with Crippen LogP contribution in [0.15, 0.2) is 105 Å². The predicted octanol–water partition coefficient (Wildman–Crippen LogP) is 7.53. The van der Waals surface area contributed by atoms with Crippen molar-refractivity contribution in [3.63, 3.8) is 0 Å². The highest BCUT2D eigenvalue weighted by molar-refractivity contribution is 8.33. The number of ether oxygens (including phenoxy) is 2. The fourth-order valence-electron chi connectivity index (χ4n) is 4.84. The zero-order valence-corrected chi connectivity index (χ0v) is 22.8. The van der Waals surface area contributed by atoms with Crippen LogP contribution in [0.1, 0.15) is 25.7 Å². The first-order valence-electron chi connectivity index (χ1n) is 12.1. The molecule has 0 amide bonds. The van der Waals surface area contributed by atoms with E-state index in [0.29, 0.717) is 27.9 Å². The van der Waals surface area contributed by atoms with Crippen LogP contribution < -0.4 is 0 Å². The summed E-state index contributed by atoms with van der Waals surface area (Å²) in [6.07, 6.45) is 3.61. The lowest BCUT2D eigenvalue weighted by Crippen LogP contribution is -2.37. The summed E-state index contributed by atoms with van der Waals surface area (Å²) < 4.78 is 83.0. The minimum atomic E-state index is -5.94. The summed E-state index contributed by atoms with van der Waals surface area (Å²) in [6, 6.07) is 23.4. The van der Waals surface area contributed by atoms with Crippen LogP contribution in [-0.2, 0) is 23.2 Å². The highest BCUT2D eigenvalue weighted by Crippen LogP contribution is 2.70. The quantitative estimate of drug-likeness (QED) is 0.268. The summed E-state index contributed by atoms with van der Waals surface area (Å²) in [5.41, 5.74) is -5.58. The molecule has 204 valence electrons. The molecule has 1 aliphatic carbocycles. The molecule has 1 aliphatic heterocycles. The van der Waals surface area contributed by atoms with Gasteiger partial charge in [-0.25, -0.2) is 0 Å². The van der Waals surface area contributed by atoms with E-state index in [-0.39, 0.29) is 5.25 Å². The summed E-state index contributed by atoms with van der Waals surface area (Å²) >= 11 is 1.66. The van der Waals surface area contributed by atoms with Crippen LogP contribution in [0.4, 0.5) is 13.2 Å². The van der Waals surface area contributed by atoms with Crippen molar-refractivity contribution in [1.82, 2.24) is 0 Å². The maximum absolute atomic E-state index is 13.6. The van der Waals surface area contributed by atoms with Gasteiger partial charge in [-0.15, -0.1) is 11.8 Å². The van der Waals surface area contributed by atoms with Crippen molar-refractivity contribution in [3.05, 3.63) is 84.9 Å². The maximum Gasteiger partial charge on any atom is 0.524 e. The van der Waals surface area contributed by atoms with Gasteiger partial charge in [0, 0.05) is 37.7 Å². The second-order valence-corrected chi connectivity index (χ2v) is 14.9. The first-order chi connectivity index (χ1) is 18.1. The largest absolute Gasteiger partial charge is 0.524 e. The first-order valence-corrected chi connectivity index (χ1v) is 16.0. The lowest BCUT2D eigenvalue weighted by Gasteiger charge is -2.39. The van der Waals surface area contributed by atoms with Crippen molar-refractivity contribution >= 4 is 32.2 Å². The summed E-state index contributed by atoms with van der Waals surface area (Å²) in [5, 5.41) is 0.259. The molecule has 0 radical (unpaired) electrons. The van der Waals surface area contributed by atoms with Crippen molar-refractivity contribution in [3.8, 4) is 0 Å². The average Bonchev–Trinajstić information content (AvgIpc) is 3.35. The molecule has 3 aromatic carbocycles. The van der Waals surface area contributed by atoms with E-state index in [4.69, 9.17) is 13.1 Å². The van der Waals surface area contributed by atoms with Gasteiger partial charge < -0.3 is 9.47 Å². The molecule has 38 heavy (non-hydrogen) atoms. The van der Waals surface area contributed by atoms with Gasteiger partial charge in [-0.1, -0.05) is 36.4 Å². The van der Waals surface area contributed by atoms with Crippen LogP contribution in [0.25, 0.3) is 0 Å². The number of hydrogen-bond acceptors (Lipinski definition) is 6. The highest BCUT2D eigenvalue weighted by atomic mass is 32.3. The van der Waals surface area contributed by atoms with Gasteiger partial charge in [0.05, 0.1) is 13.2 Å². The molecular formula is C27H27F3O5S3. The lowest BCUT2D eigenvalue weighted by molar-refractivity contribution is -0.175. The molecule has 5 rings (SSSR count). The van der Waals surface area contributed by atoms with Gasteiger partial charge in [0.25, 0.3) is 0 Å². The molecule has 2 aliphatic rings. The third-order valence-electron chi connectivity index (χ3n) is 6.52. The molecule has 1 spiro atoms. The number of hydrogen-bond donors (Lipinski definition) is 0. The summed E-state index contributed by atoms with van der Waals surface area (Å²) in [7, 11) is -9.24. The minimum Gasteiger partial charge on any atom is -0.347 e. The van der Waals surface area contributed by atoms with Gasteiger partial charge in [-0.3, -0.25) is 0 Å². The molecule has 11 heteroatoms. The Morgan fingerprint density at radius 2 is 1.34 bits per heavy atom. The Morgan fingerprint density at radius 3 is 1.87 bits per heavy atom. The van der Waals surface area contributed by atoms with E-state index in [9.17, 15) is 21.6 Å². The van der Waals surface area contributed by atoms with Crippen molar-refractivity contribution in [2.75, 3.05) is 13.2 Å². The van der Waals surface area contributed by atoms with E-state index in [1.54, 1.807) is 84.6 Å². The van der Waals surface area contributed by atoms with Gasteiger partial charge in [-0.05, 0) is 71.7 Å². The van der Waals surface area contributed by atoms with Crippen LogP contribution in [0.5, 0.6) is 0 Å². The van der Waals surface area contributed by atoms with E-state index in [0.717, 1.165) is 30.6 Å². The maximum atomic E-state index is 13.6. The van der Waals surface area contributed by atoms with Crippen molar-refractivity contribution in [1.29, 1.82) is 0 Å². The SMILES string of the molecule is O=S(=O)(OS(c1ccccc1)(c1ccccc1)c1ccc(SC2CCCC3(C2)OCCO3)cc1)C(F)(F)F. The molecule has 0 N–H and O–H groups in total. The Labute approximate surface area is 226 Å². The number of rotatable bonds is 7. The van der Waals surface area contributed by atoms with Crippen LogP contribution in [0.3, 0.4) is 0 Å². The number of halogens is 3. The average molecular weight is 585 g/mol. The summed E-state index contributed by atoms with van der Waals surface area (Å²) in [5.74, 6) is -0.518. The topological polar surface area (TPSA) is 61.8 Å². The molecule has 1 saturated carbocycles. The minimum absolute atomic E-state index is 0.259. The van der Waals surface area contributed by atoms with Crippen molar-refractivity contribution in [2.24, 2.45) is 0 Å². The smallest absolute Gasteiger partial charge is 0.347 e. The van der Waals surface area contributed by atoms with Crippen LogP contribution >= 0.6 is 22.1 Å². The van der Waals surface area contributed by atoms with Crippen LogP contribution in [0, 0.1) is 0 Å². The fraction of sp³-hybridized carbons (Fsp3) is 0.333. The normalized spacial score (nSPS) is 20.4. The summed E-state index contributed by atoms with van der Waals surface area (Å²) in [6.45, 7) is 1.19. The Balaban J connectivity index is 1.54. The number of thioether (sulfide) groups is 1. The Hall–Kier alpha value is -2.02. The zero-order valence-electron chi connectivity index (χ0n) is 20.3. The van der Waals surface area contributed by atoms with Gasteiger partial charge in [0.2, 0.25) is 0 Å². The molecule has 1 heterocycles. The van der Waals surface area contributed by atoms with Crippen LogP contribution in [-0.4, -0.2) is 38.2 Å². The number of alkyl halides is 3. The van der Waals surface area contributed by atoms with E-state index in [1.807, 2.05) is 12.1 Å². The lowest BCUT2D eigenvalue weighted by atomic mass is 9.94. The first kappa shape index (κ1) is 27.5. The molecule has 3 aromatic rings. The second-order valence-electron chi connectivity index (χ2n) is 9.07. The van der Waals surface area contributed by atoms with E-state index in [2.05, 4.69) is 0 Å². The fourth-order valence-corrected chi connectivity index (χ4v) is 10.9. The molecule has 0 aromatic heterocycles. The van der Waals surface area contributed by atoms with Gasteiger partial charge in [0.15, 0.2) is 5.79 Å². The number of benzene rings is 3. The molecular weight excluding hydrogens is 557 g/mol. The summed E-state index contributed by atoms with van der Waals surface area (Å²) in [4.78, 5) is 1.94. The second kappa shape index (κ2) is 10.9. The molecule has 1 saturated heterocycles. The van der Waals surface area contributed by atoms with Crippen molar-refractivity contribution in [2.45, 2.75) is 61.8 Å². The molecule has 1 unspecified atom stereocenters. The Bertz CT molecular complexity index is 1290. The Morgan fingerprint density at radius 1 is 0.816 bits per heavy atom. The van der Waals surface area contributed by atoms with E-state index in [1.165, 1.54) is 0 Å². The van der Waals surface area contributed by atoms with E-state index >= 15 is 0 Å². The Kier molecular flexibility index (Phi) is 7.87. The molecule has 2 fully saturated rings. The predicted molar refractivity (Wildman–Crippen MR) is 141 cm³/mol. The highest BCUT2D eigenvalue weighted by Gasteiger charge is 2.52. The zero-order chi connectivity index (χ0) is 26.9. The van der Waals surface area contributed by atoms with Gasteiger partial charge in [0.1, 0.15) is 0 Å². The molecule has 0 bridgehead atoms. The third kappa shape index (κ3) is 5.50.